The highest BCUT2D eigenvalue weighted by atomic mass is 79.9. The molecule has 1 nitrogen and oxygen atoms in total. The minimum Gasteiger partial charge on any atom is -0.309 e. The molecule has 0 amide bonds. The Labute approximate surface area is 140 Å². The Hall–Kier alpha value is 0.140. The van der Waals surface area contributed by atoms with E-state index in [2.05, 4.69) is 68.4 Å². The van der Waals surface area contributed by atoms with Crippen molar-refractivity contribution < 1.29 is 0 Å². The van der Waals surface area contributed by atoms with Crippen molar-refractivity contribution in [3.05, 3.63) is 34.4 Å². The lowest BCUT2D eigenvalue weighted by Gasteiger charge is -2.29. The molecule has 112 valence electrons. The summed E-state index contributed by atoms with van der Waals surface area (Å²) >= 11 is 7.36. The molecule has 0 fully saturated rings. The zero-order chi connectivity index (χ0) is 14.4. The fourth-order valence-corrected chi connectivity index (χ4v) is 3.77. The quantitative estimate of drug-likeness (QED) is 0.352. The lowest BCUT2D eigenvalue weighted by molar-refractivity contribution is 0.463. The van der Waals surface area contributed by atoms with Gasteiger partial charge in [-0.05, 0) is 30.8 Å². The molecule has 3 heteroatoms. The van der Waals surface area contributed by atoms with Crippen LogP contribution in [-0.2, 0) is 0 Å². The first kappa shape index (κ1) is 16.5. The van der Waals surface area contributed by atoms with Crippen LogP contribution in [0.1, 0.15) is 45.4 Å². The molecule has 2 rings (SSSR count). The van der Waals surface area contributed by atoms with Crippen LogP contribution in [0, 0.1) is 5.92 Å². The van der Waals surface area contributed by atoms with Crippen molar-refractivity contribution >= 4 is 31.9 Å². The first-order valence-corrected chi connectivity index (χ1v) is 9.54. The summed E-state index contributed by atoms with van der Waals surface area (Å²) in [6.07, 6.45) is 17.1. The van der Waals surface area contributed by atoms with Gasteiger partial charge in [0.15, 0.2) is 0 Å². The molecule has 0 saturated heterocycles. The van der Waals surface area contributed by atoms with Crippen LogP contribution in [-0.4, -0.2) is 17.4 Å². The number of halogens is 2. The molecule has 0 radical (unpaired) electrons. The molecule has 2 aliphatic rings. The number of rotatable bonds is 6. The SMILES string of the molecule is CCCCCCC1=CC(C2C=CC(Br)CN2)CC=C1Br. The second kappa shape index (κ2) is 8.55. The Morgan fingerprint density at radius 1 is 1.25 bits per heavy atom. The summed E-state index contributed by atoms with van der Waals surface area (Å²) in [6, 6.07) is 0.492. The number of allylic oxidation sites excluding steroid dienone is 3. The molecule has 0 saturated carbocycles. The van der Waals surface area contributed by atoms with Gasteiger partial charge in [0.05, 0.1) is 0 Å². The van der Waals surface area contributed by atoms with E-state index >= 15 is 0 Å². The molecule has 1 heterocycles. The van der Waals surface area contributed by atoms with Crippen LogP contribution in [0.4, 0.5) is 0 Å². The number of unbranched alkanes of at least 4 members (excludes halogenated alkanes) is 3. The maximum atomic E-state index is 3.73. The minimum absolute atomic E-state index is 0.488. The van der Waals surface area contributed by atoms with Gasteiger partial charge in [0, 0.05) is 21.9 Å². The third-order valence-corrected chi connectivity index (χ3v) is 5.59. The summed E-state index contributed by atoms with van der Waals surface area (Å²) in [7, 11) is 0. The minimum atomic E-state index is 0.488. The Morgan fingerprint density at radius 3 is 2.80 bits per heavy atom. The average molecular weight is 403 g/mol. The van der Waals surface area contributed by atoms with Crippen molar-refractivity contribution in [3.63, 3.8) is 0 Å². The number of alkyl halides is 1. The Balaban J connectivity index is 1.92. The molecule has 0 spiro atoms. The van der Waals surface area contributed by atoms with Crippen molar-refractivity contribution in [3.8, 4) is 0 Å². The van der Waals surface area contributed by atoms with E-state index in [1.807, 2.05) is 0 Å². The molecule has 0 aromatic heterocycles. The van der Waals surface area contributed by atoms with Gasteiger partial charge in [0.2, 0.25) is 0 Å². The normalized spacial score (nSPS) is 30.1. The number of nitrogens with one attached hydrogen (secondary N) is 1. The lowest BCUT2D eigenvalue weighted by atomic mass is 9.87. The maximum Gasteiger partial charge on any atom is 0.0451 e. The van der Waals surface area contributed by atoms with Crippen LogP contribution in [0.15, 0.2) is 34.4 Å². The third kappa shape index (κ3) is 4.85. The smallest absolute Gasteiger partial charge is 0.0451 e. The first-order valence-electron chi connectivity index (χ1n) is 7.83. The van der Waals surface area contributed by atoms with E-state index in [1.165, 1.54) is 42.2 Å². The van der Waals surface area contributed by atoms with Crippen LogP contribution < -0.4 is 5.32 Å². The molecular weight excluding hydrogens is 378 g/mol. The monoisotopic (exact) mass is 401 g/mol. The molecular formula is C17H25Br2N. The van der Waals surface area contributed by atoms with Gasteiger partial charge in [0.1, 0.15) is 0 Å². The molecule has 1 aliphatic carbocycles. The van der Waals surface area contributed by atoms with Crippen molar-refractivity contribution in [2.45, 2.75) is 56.3 Å². The predicted molar refractivity (Wildman–Crippen MR) is 95.6 cm³/mol. The predicted octanol–water partition coefficient (Wildman–Crippen LogP) is 5.47. The van der Waals surface area contributed by atoms with Crippen LogP contribution in [0.2, 0.25) is 0 Å². The summed E-state index contributed by atoms with van der Waals surface area (Å²) in [5, 5.41) is 3.63. The summed E-state index contributed by atoms with van der Waals surface area (Å²) < 4.78 is 1.32. The van der Waals surface area contributed by atoms with Gasteiger partial charge in [0.25, 0.3) is 0 Å². The highest BCUT2D eigenvalue weighted by Gasteiger charge is 2.23. The summed E-state index contributed by atoms with van der Waals surface area (Å²) in [4.78, 5) is 0.488. The second-order valence-corrected chi connectivity index (χ2v) is 7.82. The number of hydrogen-bond donors (Lipinski definition) is 1. The van der Waals surface area contributed by atoms with Gasteiger partial charge in [-0.1, -0.05) is 82.4 Å². The molecule has 1 N–H and O–H groups in total. The third-order valence-electron chi connectivity index (χ3n) is 4.13. The second-order valence-electron chi connectivity index (χ2n) is 5.79. The van der Waals surface area contributed by atoms with E-state index in [-0.39, 0.29) is 0 Å². The standard InChI is InChI=1S/C17H25Br2N/c1-2-3-4-5-6-13-11-14(7-9-16(13)19)17-10-8-15(18)12-20-17/h8-11,14-15,17,20H,2-7,12H2,1H3. The fourth-order valence-electron chi connectivity index (χ4n) is 2.89. The fraction of sp³-hybridized carbons (Fsp3) is 0.647. The Kier molecular flexibility index (Phi) is 7.06. The van der Waals surface area contributed by atoms with Gasteiger partial charge in [-0.25, -0.2) is 0 Å². The molecule has 1 aliphatic heterocycles. The lowest BCUT2D eigenvalue weighted by Crippen LogP contribution is -2.40. The molecule has 0 aromatic carbocycles. The van der Waals surface area contributed by atoms with Crippen molar-refractivity contribution in [2.24, 2.45) is 5.92 Å². The van der Waals surface area contributed by atoms with Crippen LogP contribution in [0.5, 0.6) is 0 Å². The number of hydrogen-bond acceptors (Lipinski definition) is 1. The van der Waals surface area contributed by atoms with E-state index in [9.17, 15) is 0 Å². The van der Waals surface area contributed by atoms with Crippen LogP contribution in [0.3, 0.4) is 0 Å². The average Bonchev–Trinajstić information content (AvgIpc) is 2.46. The molecule has 0 bridgehead atoms. The highest BCUT2D eigenvalue weighted by molar-refractivity contribution is 9.12. The van der Waals surface area contributed by atoms with Gasteiger partial charge in [-0.3, -0.25) is 0 Å². The van der Waals surface area contributed by atoms with E-state index in [1.54, 1.807) is 0 Å². The van der Waals surface area contributed by atoms with Crippen molar-refractivity contribution in [1.29, 1.82) is 0 Å². The highest BCUT2D eigenvalue weighted by Crippen LogP contribution is 2.33. The zero-order valence-electron chi connectivity index (χ0n) is 12.2. The maximum absolute atomic E-state index is 3.73. The molecule has 0 aromatic rings. The van der Waals surface area contributed by atoms with E-state index in [0.717, 1.165) is 13.0 Å². The van der Waals surface area contributed by atoms with Crippen molar-refractivity contribution in [2.75, 3.05) is 6.54 Å². The topological polar surface area (TPSA) is 12.0 Å². The van der Waals surface area contributed by atoms with E-state index in [4.69, 9.17) is 0 Å². The zero-order valence-corrected chi connectivity index (χ0v) is 15.4. The van der Waals surface area contributed by atoms with Crippen LogP contribution >= 0.6 is 31.9 Å². The first-order chi connectivity index (χ1) is 9.70. The summed E-state index contributed by atoms with van der Waals surface area (Å²) in [5.41, 5.74) is 1.51. The summed E-state index contributed by atoms with van der Waals surface area (Å²) in [5.74, 6) is 0.605. The Bertz CT molecular complexity index is 398. The van der Waals surface area contributed by atoms with E-state index in [0.29, 0.717) is 16.8 Å². The van der Waals surface area contributed by atoms with Crippen molar-refractivity contribution in [1.82, 2.24) is 5.32 Å². The van der Waals surface area contributed by atoms with Gasteiger partial charge in [-0.15, -0.1) is 0 Å². The van der Waals surface area contributed by atoms with Gasteiger partial charge >= 0.3 is 0 Å². The van der Waals surface area contributed by atoms with Gasteiger partial charge in [-0.2, -0.15) is 0 Å². The Morgan fingerprint density at radius 2 is 2.10 bits per heavy atom. The summed E-state index contributed by atoms with van der Waals surface area (Å²) in [6.45, 7) is 3.30. The molecule has 3 unspecified atom stereocenters. The van der Waals surface area contributed by atoms with E-state index < -0.39 is 0 Å². The molecule has 20 heavy (non-hydrogen) atoms. The van der Waals surface area contributed by atoms with Crippen LogP contribution in [0.25, 0.3) is 0 Å². The molecule has 3 atom stereocenters. The van der Waals surface area contributed by atoms with Gasteiger partial charge < -0.3 is 5.32 Å². The largest absolute Gasteiger partial charge is 0.309 e.